The molecule has 0 unspecified atom stereocenters. The molecule has 5 heteroatoms. The van der Waals surface area contributed by atoms with E-state index in [9.17, 15) is 0 Å². The number of aromatic nitrogens is 3. The molecule has 4 nitrogen and oxygen atoms in total. The fourth-order valence-electron chi connectivity index (χ4n) is 1.62. The van der Waals surface area contributed by atoms with Crippen LogP contribution in [0.15, 0.2) is 12.3 Å². The normalized spacial score (nSPS) is 10.9. The van der Waals surface area contributed by atoms with Crippen LogP contribution < -0.4 is 5.32 Å². The van der Waals surface area contributed by atoms with E-state index < -0.39 is 0 Å². The first-order chi connectivity index (χ1) is 8.54. The Kier molecular flexibility index (Phi) is 3.91. The molecule has 2 heterocycles. The van der Waals surface area contributed by atoms with E-state index in [4.69, 9.17) is 0 Å². The summed E-state index contributed by atoms with van der Waals surface area (Å²) in [5, 5.41) is 4.34. The topological polar surface area (TPSA) is 50.7 Å². The molecule has 0 saturated carbocycles. The Labute approximate surface area is 112 Å². The minimum atomic E-state index is 0.415. The molecule has 0 fully saturated rings. The Bertz CT molecular complexity index is 534. The van der Waals surface area contributed by atoms with Gasteiger partial charge in [-0.15, -0.1) is 11.3 Å². The minimum absolute atomic E-state index is 0.415. The van der Waals surface area contributed by atoms with Gasteiger partial charge in [0.05, 0.1) is 11.6 Å². The lowest BCUT2D eigenvalue weighted by Crippen LogP contribution is -2.06. The molecule has 2 aromatic heterocycles. The first-order valence-corrected chi connectivity index (χ1v) is 6.87. The molecule has 96 valence electrons. The van der Waals surface area contributed by atoms with Crippen LogP contribution in [0.2, 0.25) is 0 Å². The first-order valence-electron chi connectivity index (χ1n) is 6.05. The molecular formula is C13H18N4S. The summed E-state index contributed by atoms with van der Waals surface area (Å²) in [5.41, 5.74) is 2.07. The van der Waals surface area contributed by atoms with E-state index >= 15 is 0 Å². The maximum Gasteiger partial charge on any atom is 0.223 e. The maximum absolute atomic E-state index is 4.52. The van der Waals surface area contributed by atoms with E-state index in [1.807, 2.05) is 26.1 Å². The molecule has 0 saturated heterocycles. The molecule has 0 aliphatic rings. The van der Waals surface area contributed by atoms with Gasteiger partial charge >= 0.3 is 0 Å². The van der Waals surface area contributed by atoms with Gasteiger partial charge in [-0.05, 0) is 25.8 Å². The maximum atomic E-state index is 4.52. The van der Waals surface area contributed by atoms with Crippen molar-refractivity contribution in [3.05, 3.63) is 33.5 Å². The van der Waals surface area contributed by atoms with Gasteiger partial charge in [0.15, 0.2) is 0 Å². The van der Waals surface area contributed by atoms with Gasteiger partial charge in [0.25, 0.3) is 0 Å². The van der Waals surface area contributed by atoms with Crippen LogP contribution in [-0.4, -0.2) is 15.0 Å². The summed E-state index contributed by atoms with van der Waals surface area (Å²) in [6.07, 6.45) is 1.89. The second kappa shape index (κ2) is 5.44. The van der Waals surface area contributed by atoms with Crippen LogP contribution in [0.4, 0.5) is 5.95 Å². The van der Waals surface area contributed by atoms with Crippen LogP contribution >= 0.6 is 11.3 Å². The number of nitrogens with zero attached hydrogens (tertiary/aromatic N) is 3. The molecule has 0 bridgehead atoms. The molecule has 0 radical (unpaired) electrons. The highest BCUT2D eigenvalue weighted by atomic mass is 32.1. The zero-order valence-electron chi connectivity index (χ0n) is 11.2. The third kappa shape index (κ3) is 3.26. The third-order valence-corrected chi connectivity index (χ3v) is 3.47. The quantitative estimate of drug-likeness (QED) is 0.918. The fourth-order valence-corrected chi connectivity index (χ4v) is 2.36. The highest BCUT2D eigenvalue weighted by molar-refractivity contribution is 7.11. The molecule has 2 aromatic rings. The Balaban J connectivity index is 2.09. The van der Waals surface area contributed by atoms with E-state index in [0.29, 0.717) is 11.9 Å². The van der Waals surface area contributed by atoms with Crippen LogP contribution in [-0.2, 0) is 6.54 Å². The van der Waals surface area contributed by atoms with Gasteiger partial charge in [-0.3, -0.25) is 0 Å². The molecular weight excluding hydrogens is 244 g/mol. The summed E-state index contributed by atoms with van der Waals surface area (Å²) < 4.78 is 0. The van der Waals surface area contributed by atoms with Gasteiger partial charge in [-0.2, -0.15) is 0 Å². The fraction of sp³-hybridized carbons (Fsp3) is 0.462. The first kappa shape index (κ1) is 13.0. The second-order valence-electron chi connectivity index (χ2n) is 4.61. The molecule has 0 amide bonds. The van der Waals surface area contributed by atoms with Crippen molar-refractivity contribution in [1.29, 1.82) is 0 Å². The standard InChI is InChI=1S/C13H18N4S/c1-8(2)12-5-9(3)16-13(17-12)15-7-11-6-14-10(4)18-11/h5-6,8H,7H2,1-4H3,(H,15,16,17). The van der Waals surface area contributed by atoms with Gasteiger partial charge in [0.2, 0.25) is 5.95 Å². The molecule has 18 heavy (non-hydrogen) atoms. The zero-order valence-corrected chi connectivity index (χ0v) is 12.0. The van der Waals surface area contributed by atoms with E-state index in [1.165, 1.54) is 4.88 Å². The van der Waals surface area contributed by atoms with Crippen molar-refractivity contribution in [3.63, 3.8) is 0 Å². The number of aryl methyl sites for hydroxylation is 2. The SMILES string of the molecule is Cc1cc(C(C)C)nc(NCc2cnc(C)s2)n1. The molecule has 0 spiro atoms. The predicted octanol–water partition coefficient (Wildman–Crippen LogP) is 3.29. The lowest BCUT2D eigenvalue weighted by atomic mass is 10.1. The highest BCUT2D eigenvalue weighted by Gasteiger charge is 2.06. The average molecular weight is 262 g/mol. The van der Waals surface area contributed by atoms with Crippen molar-refractivity contribution < 1.29 is 0 Å². The Morgan fingerprint density at radius 3 is 2.67 bits per heavy atom. The van der Waals surface area contributed by atoms with Crippen molar-refractivity contribution in [3.8, 4) is 0 Å². The number of hydrogen-bond donors (Lipinski definition) is 1. The lowest BCUT2D eigenvalue weighted by Gasteiger charge is -2.09. The van der Waals surface area contributed by atoms with Crippen molar-refractivity contribution in [1.82, 2.24) is 15.0 Å². The van der Waals surface area contributed by atoms with E-state index in [1.54, 1.807) is 11.3 Å². The highest BCUT2D eigenvalue weighted by Crippen LogP contribution is 2.16. The Morgan fingerprint density at radius 1 is 1.28 bits per heavy atom. The van der Waals surface area contributed by atoms with E-state index in [2.05, 4.69) is 34.1 Å². The van der Waals surface area contributed by atoms with Crippen LogP contribution in [0.5, 0.6) is 0 Å². The molecule has 0 aromatic carbocycles. The summed E-state index contributed by atoms with van der Waals surface area (Å²) in [6, 6.07) is 2.03. The average Bonchev–Trinajstić information content (AvgIpc) is 2.72. The number of hydrogen-bond acceptors (Lipinski definition) is 5. The van der Waals surface area contributed by atoms with Crippen molar-refractivity contribution in [2.75, 3.05) is 5.32 Å². The molecule has 1 N–H and O–H groups in total. The minimum Gasteiger partial charge on any atom is -0.349 e. The monoisotopic (exact) mass is 262 g/mol. The summed E-state index contributed by atoms with van der Waals surface area (Å²) >= 11 is 1.69. The number of rotatable bonds is 4. The largest absolute Gasteiger partial charge is 0.349 e. The molecule has 0 aliphatic carbocycles. The van der Waals surface area contributed by atoms with E-state index in [0.717, 1.165) is 22.9 Å². The number of nitrogens with one attached hydrogen (secondary N) is 1. The van der Waals surface area contributed by atoms with Crippen LogP contribution in [0.25, 0.3) is 0 Å². The number of thiazole rings is 1. The molecule has 0 aliphatic heterocycles. The summed E-state index contributed by atoms with van der Waals surface area (Å²) in [4.78, 5) is 14.3. The van der Waals surface area contributed by atoms with Crippen molar-refractivity contribution in [2.45, 2.75) is 40.2 Å². The van der Waals surface area contributed by atoms with Crippen LogP contribution in [0, 0.1) is 13.8 Å². The summed E-state index contributed by atoms with van der Waals surface area (Å²) in [6.45, 7) is 9.01. The predicted molar refractivity (Wildman–Crippen MR) is 75.0 cm³/mol. The van der Waals surface area contributed by atoms with Crippen molar-refractivity contribution >= 4 is 17.3 Å². The third-order valence-electron chi connectivity index (χ3n) is 2.56. The van der Waals surface area contributed by atoms with Gasteiger partial charge in [-0.25, -0.2) is 15.0 Å². The van der Waals surface area contributed by atoms with Crippen molar-refractivity contribution in [2.24, 2.45) is 0 Å². The van der Waals surface area contributed by atoms with Crippen LogP contribution in [0.1, 0.15) is 41.0 Å². The molecule has 0 atom stereocenters. The van der Waals surface area contributed by atoms with Gasteiger partial charge in [0.1, 0.15) is 0 Å². The second-order valence-corrected chi connectivity index (χ2v) is 5.93. The summed E-state index contributed by atoms with van der Waals surface area (Å²) in [5.74, 6) is 1.11. The van der Waals surface area contributed by atoms with E-state index in [-0.39, 0.29) is 0 Å². The van der Waals surface area contributed by atoms with Gasteiger partial charge in [-0.1, -0.05) is 13.8 Å². The lowest BCUT2D eigenvalue weighted by molar-refractivity contribution is 0.808. The van der Waals surface area contributed by atoms with Crippen LogP contribution in [0.3, 0.4) is 0 Å². The Hall–Kier alpha value is -1.49. The molecule has 2 rings (SSSR count). The zero-order chi connectivity index (χ0) is 13.1. The van der Waals surface area contributed by atoms with Gasteiger partial charge < -0.3 is 5.32 Å². The Morgan fingerprint density at radius 2 is 2.06 bits per heavy atom. The smallest absolute Gasteiger partial charge is 0.223 e. The summed E-state index contributed by atoms with van der Waals surface area (Å²) in [7, 11) is 0. The van der Waals surface area contributed by atoms with Gasteiger partial charge in [0, 0.05) is 22.5 Å². The number of anilines is 1.